The lowest BCUT2D eigenvalue weighted by molar-refractivity contribution is 0.0954. The number of likely N-dealkylation sites (N-methyl/N-ethyl adjacent to an activating group) is 1. The average Bonchev–Trinajstić information content (AvgIpc) is 2.47. The topological polar surface area (TPSA) is 32.3 Å². The summed E-state index contributed by atoms with van der Waals surface area (Å²) in [5, 5.41) is 2.93. The molecule has 0 atom stereocenters. The van der Waals surface area contributed by atoms with E-state index in [-0.39, 0.29) is 5.91 Å². The molecule has 0 aromatic heterocycles. The van der Waals surface area contributed by atoms with Crippen LogP contribution in [0, 0.1) is 0 Å². The largest absolute Gasteiger partial charge is 0.373 e. The van der Waals surface area contributed by atoms with E-state index in [0.717, 1.165) is 21.2 Å². The van der Waals surface area contributed by atoms with Crippen molar-refractivity contribution in [2.24, 2.45) is 0 Å². The molecule has 0 aliphatic heterocycles. The molecule has 2 aromatic rings. The first-order valence-corrected chi connectivity index (χ1v) is 8.15. The van der Waals surface area contributed by atoms with Crippen LogP contribution in [-0.4, -0.2) is 26.0 Å². The van der Waals surface area contributed by atoms with E-state index in [9.17, 15) is 4.79 Å². The molecule has 0 fully saturated rings. The van der Waals surface area contributed by atoms with Gasteiger partial charge in [0.25, 0.3) is 5.91 Å². The fourth-order valence-electron chi connectivity index (χ4n) is 1.94. The Bertz CT molecular complexity index is 597. The van der Waals surface area contributed by atoms with Gasteiger partial charge in [0, 0.05) is 40.3 Å². The highest BCUT2D eigenvalue weighted by Crippen LogP contribution is 2.20. The number of anilines is 1. The predicted molar refractivity (Wildman–Crippen MR) is 93.9 cm³/mol. The van der Waals surface area contributed by atoms with E-state index in [2.05, 4.69) is 42.1 Å². The Morgan fingerprint density at radius 3 is 2.33 bits per heavy atom. The maximum absolute atomic E-state index is 12.1. The maximum Gasteiger partial charge on any atom is 0.251 e. The normalized spacial score (nSPS) is 10.2. The van der Waals surface area contributed by atoms with E-state index in [1.165, 1.54) is 0 Å². The zero-order valence-electron chi connectivity index (χ0n) is 11.6. The third kappa shape index (κ3) is 4.86. The lowest BCUT2D eigenvalue weighted by atomic mass is 10.2. The fraction of sp³-hybridized carbons (Fsp3) is 0.188. The summed E-state index contributed by atoms with van der Waals surface area (Å²) in [6.07, 6.45) is 0. The molecule has 1 amide bonds. The molecule has 5 heteroatoms. The minimum atomic E-state index is -0.0709. The van der Waals surface area contributed by atoms with Crippen molar-refractivity contribution in [2.75, 3.05) is 25.0 Å². The van der Waals surface area contributed by atoms with Crippen LogP contribution in [0.25, 0.3) is 0 Å². The fourth-order valence-corrected chi connectivity index (χ4v) is 3.23. The molecule has 1 N–H and O–H groups in total. The van der Waals surface area contributed by atoms with Crippen LogP contribution >= 0.6 is 31.9 Å². The molecule has 2 aromatic carbocycles. The Kier molecular flexibility index (Phi) is 5.82. The van der Waals surface area contributed by atoms with Gasteiger partial charge in [0.2, 0.25) is 0 Å². The number of hydrogen-bond acceptors (Lipinski definition) is 2. The van der Waals surface area contributed by atoms with E-state index in [4.69, 9.17) is 0 Å². The van der Waals surface area contributed by atoms with Crippen molar-refractivity contribution in [1.82, 2.24) is 5.32 Å². The monoisotopic (exact) mass is 410 g/mol. The van der Waals surface area contributed by atoms with Crippen molar-refractivity contribution < 1.29 is 4.79 Å². The van der Waals surface area contributed by atoms with Gasteiger partial charge in [0.05, 0.1) is 0 Å². The van der Waals surface area contributed by atoms with E-state index in [0.29, 0.717) is 12.1 Å². The van der Waals surface area contributed by atoms with Crippen molar-refractivity contribution in [1.29, 1.82) is 0 Å². The van der Waals surface area contributed by atoms with Crippen LogP contribution in [0.4, 0.5) is 5.69 Å². The van der Waals surface area contributed by atoms with Crippen LogP contribution in [0.15, 0.2) is 57.5 Å². The summed E-state index contributed by atoms with van der Waals surface area (Å²) in [6.45, 7) is 1.35. The zero-order chi connectivity index (χ0) is 15.2. The van der Waals surface area contributed by atoms with Crippen LogP contribution in [0.5, 0.6) is 0 Å². The van der Waals surface area contributed by atoms with Crippen LogP contribution < -0.4 is 10.2 Å². The number of para-hydroxylation sites is 1. The number of benzene rings is 2. The molecule has 2 rings (SSSR count). The summed E-state index contributed by atoms with van der Waals surface area (Å²) >= 11 is 6.77. The third-order valence-corrected chi connectivity index (χ3v) is 3.97. The average molecular weight is 412 g/mol. The van der Waals surface area contributed by atoms with Crippen molar-refractivity contribution in [2.45, 2.75) is 0 Å². The number of hydrogen-bond donors (Lipinski definition) is 1. The first-order chi connectivity index (χ1) is 10.1. The first-order valence-electron chi connectivity index (χ1n) is 6.57. The number of carbonyl (C=O) groups excluding carboxylic acids is 1. The lowest BCUT2D eigenvalue weighted by Gasteiger charge is -2.19. The minimum Gasteiger partial charge on any atom is -0.373 e. The van der Waals surface area contributed by atoms with E-state index in [1.807, 2.05) is 43.4 Å². The molecule has 0 aliphatic rings. The Morgan fingerprint density at radius 2 is 1.71 bits per heavy atom. The number of carbonyl (C=O) groups is 1. The van der Waals surface area contributed by atoms with Crippen molar-refractivity contribution >= 4 is 43.5 Å². The summed E-state index contributed by atoms with van der Waals surface area (Å²) in [6, 6.07) is 15.6. The van der Waals surface area contributed by atoms with Crippen LogP contribution in [0.1, 0.15) is 10.4 Å². The zero-order valence-corrected chi connectivity index (χ0v) is 14.8. The van der Waals surface area contributed by atoms with Crippen LogP contribution in [0.3, 0.4) is 0 Å². The standard InChI is InChI=1S/C16H16Br2N2O/c1-20(15-5-3-2-4-6-15)8-7-19-16(21)12-9-13(17)11-14(18)10-12/h2-6,9-11H,7-8H2,1H3,(H,19,21). The van der Waals surface area contributed by atoms with Gasteiger partial charge in [-0.2, -0.15) is 0 Å². The molecular weight excluding hydrogens is 396 g/mol. The number of amides is 1. The molecule has 0 saturated carbocycles. The highest BCUT2D eigenvalue weighted by atomic mass is 79.9. The summed E-state index contributed by atoms with van der Waals surface area (Å²) in [5.74, 6) is -0.0709. The molecule has 0 spiro atoms. The Balaban J connectivity index is 1.87. The second-order valence-corrected chi connectivity index (χ2v) is 6.50. The summed E-state index contributed by atoms with van der Waals surface area (Å²) in [4.78, 5) is 14.2. The Morgan fingerprint density at radius 1 is 1.10 bits per heavy atom. The van der Waals surface area contributed by atoms with Gasteiger partial charge >= 0.3 is 0 Å². The van der Waals surface area contributed by atoms with Crippen molar-refractivity contribution in [3.63, 3.8) is 0 Å². The SMILES string of the molecule is CN(CCNC(=O)c1cc(Br)cc(Br)c1)c1ccccc1. The second kappa shape index (κ2) is 7.61. The van der Waals surface area contributed by atoms with Gasteiger partial charge < -0.3 is 10.2 Å². The van der Waals surface area contributed by atoms with E-state index >= 15 is 0 Å². The Hall–Kier alpha value is -1.33. The van der Waals surface area contributed by atoms with Crippen molar-refractivity contribution in [3.05, 3.63) is 63.0 Å². The van der Waals surface area contributed by atoms with Crippen molar-refractivity contribution in [3.8, 4) is 0 Å². The molecule has 0 bridgehead atoms. The van der Waals surface area contributed by atoms with Gasteiger partial charge in [-0.05, 0) is 30.3 Å². The molecule has 110 valence electrons. The lowest BCUT2D eigenvalue weighted by Crippen LogP contribution is -2.32. The van der Waals surface area contributed by atoms with Gasteiger partial charge in [-0.25, -0.2) is 0 Å². The quantitative estimate of drug-likeness (QED) is 0.803. The van der Waals surface area contributed by atoms with E-state index < -0.39 is 0 Å². The molecule has 0 aliphatic carbocycles. The molecule has 0 saturated heterocycles. The maximum atomic E-state index is 12.1. The predicted octanol–water partition coefficient (Wildman–Crippen LogP) is 4.08. The molecule has 0 radical (unpaired) electrons. The smallest absolute Gasteiger partial charge is 0.251 e. The number of rotatable bonds is 5. The van der Waals surface area contributed by atoms with Gasteiger partial charge in [0.15, 0.2) is 0 Å². The molecular formula is C16H16Br2N2O. The van der Waals surface area contributed by atoms with Gasteiger partial charge in [-0.1, -0.05) is 50.1 Å². The molecule has 0 heterocycles. The summed E-state index contributed by atoms with van der Waals surface area (Å²) in [5.41, 5.74) is 1.77. The second-order valence-electron chi connectivity index (χ2n) is 4.67. The van der Waals surface area contributed by atoms with Gasteiger partial charge in [-0.3, -0.25) is 4.79 Å². The number of halogens is 2. The highest BCUT2D eigenvalue weighted by Gasteiger charge is 2.07. The van der Waals surface area contributed by atoms with Gasteiger partial charge in [0.1, 0.15) is 0 Å². The Labute approximate surface area is 141 Å². The summed E-state index contributed by atoms with van der Waals surface area (Å²) < 4.78 is 1.76. The molecule has 21 heavy (non-hydrogen) atoms. The summed E-state index contributed by atoms with van der Waals surface area (Å²) in [7, 11) is 2.01. The third-order valence-electron chi connectivity index (χ3n) is 3.05. The van der Waals surface area contributed by atoms with Crippen LogP contribution in [0.2, 0.25) is 0 Å². The number of nitrogens with one attached hydrogen (secondary N) is 1. The molecule has 3 nitrogen and oxygen atoms in total. The van der Waals surface area contributed by atoms with Gasteiger partial charge in [-0.15, -0.1) is 0 Å². The van der Waals surface area contributed by atoms with Crippen LogP contribution in [-0.2, 0) is 0 Å². The first kappa shape index (κ1) is 16.0. The highest BCUT2D eigenvalue weighted by molar-refractivity contribution is 9.11. The molecule has 0 unspecified atom stereocenters. The number of nitrogens with zero attached hydrogens (tertiary/aromatic N) is 1. The van der Waals surface area contributed by atoms with E-state index in [1.54, 1.807) is 12.1 Å². The minimum absolute atomic E-state index is 0.0709.